The second-order valence-electron chi connectivity index (χ2n) is 4.24. The molecule has 2 N–H and O–H groups in total. The fraction of sp³-hybridized carbons (Fsp3) is 0.429. The summed E-state index contributed by atoms with van der Waals surface area (Å²) in [6, 6.07) is 5.97. The van der Waals surface area contributed by atoms with Crippen molar-refractivity contribution in [3.8, 4) is 0 Å². The lowest BCUT2D eigenvalue weighted by atomic mass is 10.1. The van der Waals surface area contributed by atoms with E-state index in [2.05, 4.69) is 17.6 Å². The molecule has 2 amide bonds. The molecule has 18 heavy (non-hydrogen) atoms. The quantitative estimate of drug-likeness (QED) is 0.837. The molecule has 0 atom stereocenters. The molecule has 98 valence electrons. The Morgan fingerprint density at radius 3 is 2.61 bits per heavy atom. The van der Waals surface area contributed by atoms with Gasteiger partial charge in [0.05, 0.1) is 0 Å². The summed E-state index contributed by atoms with van der Waals surface area (Å²) in [7, 11) is 0. The largest absolute Gasteiger partial charge is 0.356 e. The summed E-state index contributed by atoms with van der Waals surface area (Å²) >= 11 is 0. The highest BCUT2D eigenvalue weighted by Crippen LogP contribution is 2.21. The van der Waals surface area contributed by atoms with Crippen LogP contribution in [0.5, 0.6) is 0 Å². The zero-order valence-corrected chi connectivity index (χ0v) is 11.2. The molecule has 0 aromatic heterocycles. The highest BCUT2D eigenvalue weighted by atomic mass is 16.2. The van der Waals surface area contributed by atoms with E-state index in [-0.39, 0.29) is 18.2 Å². The number of nitrogens with one attached hydrogen (secondary N) is 2. The lowest BCUT2D eigenvalue weighted by molar-refractivity contribution is -0.119. The molecule has 0 aliphatic carbocycles. The Hall–Kier alpha value is -1.84. The standard InChI is InChI=1S/C14H20N2O2/c1-4-12-7-5-6-10(2)14(12)16-13(18)8-9-15-11(3)17/h5-7H,4,8-9H2,1-3H3,(H,15,17)(H,16,18). The summed E-state index contributed by atoms with van der Waals surface area (Å²) in [6.45, 7) is 5.84. The van der Waals surface area contributed by atoms with Crippen LogP contribution in [0, 0.1) is 6.92 Å². The number of amides is 2. The Morgan fingerprint density at radius 1 is 1.28 bits per heavy atom. The molecule has 0 fully saturated rings. The average Bonchev–Trinajstić information content (AvgIpc) is 2.31. The van der Waals surface area contributed by atoms with Crippen molar-refractivity contribution >= 4 is 17.5 Å². The maximum atomic E-state index is 11.8. The first-order chi connectivity index (χ1) is 8.54. The van der Waals surface area contributed by atoms with Gasteiger partial charge in [-0.15, -0.1) is 0 Å². The van der Waals surface area contributed by atoms with Gasteiger partial charge in [-0.1, -0.05) is 25.1 Å². The van der Waals surface area contributed by atoms with Crippen LogP contribution in [-0.2, 0) is 16.0 Å². The van der Waals surface area contributed by atoms with Crippen LogP contribution in [-0.4, -0.2) is 18.4 Å². The molecule has 0 saturated carbocycles. The van der Waals surface area contributed by atoms with Crippen LogP contribution in [0.4, 0.5) is 5.69 Å². The van der Waals surface area contributed by atoms with Gasteiger partial charge < -0.3 is 10.6 Å². The molecule has 0 saturated heterocycles. The molecule has 1 rings (SSSR count). The summed E-state index contributed by atoms with van der Waals surface area (Å²) in [5, 5.41) is 5.52. The minimum atomic E-state index is -0.118. The van der Waals surface area contributed by atoms with Crippen LogP contribution < -0.4 is 10.6 Å². The topological polar surface area (TPSA) is 58.2 Å². The predicted octanol–water partition coefficient (Wildman–Crippen LogP) is 2.02. The second kappa shape index (κ2) is 6.79. The van der Waals surface area contributed by atoms with E-state index < -0.39 is 0 Å². The average molecular weight is 248 g/mol. The van der Waals surface area contributed by atoms with Crippen LogP contribution in [0.25, 0.3) is 0 Å². The lowest BCUT2D eigenvalue weighted by Gasteiger charge is -2.13. The molecule has 1 aromatic carbocycles. The molecule has 4 heteroatoms. The van der Waals surface area contributed by atoms with Crippen molar-refractivity contribution in [1.29, 1.82) is 0 Å². The number of hydrogen-bond acceptors (Lipinski definition) is 2. The van der Waals surface area contributed by atoms with Crippen LogP contribution in [0.3, 0.4) is 0 Å². The van der Waals surface area contributed by atoms with Crippen molar-refractivity contribution < 1.29 is 9.59 Å². The molecule has 4 nitrogen and oxygen atoms in total. The minimum Gasteiger partial charge on any atom is -0.356 e. The number of aryl methyl sites for hydroxylation is 2. The molecular weight excluding hydrogens is 228 g/mol. The molecule has 0 spiro atoms. The van der Waals surface area contributed by atoms with Crippen LogP contribution in [0.15, 0.2) is 18.2 Å². The number of para-hydroxylation sites is 1. The van der Waals surface area contributed by atoms with E-state index in [1.165, 1.54) is 6.92 Å². The maximum absolute atomic E-state index is 11.8. The van der Waals surface area contributed by atoms with Gasteiger partial charge in [-0.05, 0) is 24.5 Å². The summed E-state index contributed by atoms with van der Waals surface area (Å²) in [5.74, 6) is -0.194. The number of rotatable bonds is 5. The van der Waals surface area contributed by atoms with E-state index in [1.807, 2.05) is 25.1 Å². The number of benzene rings is 1. The Morgan fingerprint density at radius 2 is 2.00 bits per heavy atom. The fourth-order valence-corrected chi connectivity index (χ4v) is 1.76. The first kappa shape index (κ1) is 14.2. The molecule has 1 aromatic rings. The molecule has 0 aliphatic heterocycles. The normalized spacial score (nSPS) is 9.94. The van der Waals surface area contributed by atoms with Gasteiger partial charge in [0.1, 0.15) is 0 Å². The Balaban J connectivity index is 2.61. The van der Waals surface area contributed by atoms with Gasteiger partial charge in [0.15, 0.2) is 0 Å². The number of anilines is 1. The molecule has 0 bridgehead atoms. The summed E-state index contributed by atoms with van der Waals surface area (Å²) in [6.07, 6.45) is 1.17. The van der Waals surface area contributed by atoms with Crippen molar-refractivity contribution in [3.63, 3.8) is 0 Å². The van der Waals surface area contributed by atoms with Crippen molar-refractivity contribution in [2.75, 3.05) is 11.9 Å². The zero-order chi connectivity index (χ0) is 13.5. The number of carbonyl (C=O) groups is 2. The van der Waals surface area contributed by atoms with E-state index in [1.54, 1.807) is 0 Å². The lowest BCUT2D eigenvalue weighted by Crippen LogP contribution is -2.25. The Labute approximate surface area is 108 Å². The Kier molecular flexibility index (Phi) is 5.36. The van der Waals surface area contributed by atoms with Crippen molar-refractivity contribution in [2.45, 2.75) is 33.6 Å². The Bertz CT molecular complexity index is 441. The van der Waals surface area contributed by atoms with Crippen LogP contribution >= 0.6 is 0 Å². The summed E-state index contributed by atoms with van der Waals surface area (Å²) in [5.41, 5.74) is 3.08. The molecule has 0 unspecified atom stereocenters. The first-order valence-corrected chi connectivity index (χ1v) is 6.17. The summed E-state index contributed by atoms with van der Waals surface area (Å²) < 4.78 is 0. The third-order valence-electron chi connectivity index (χ3n) is 2.73. The first-order valence-electron chi connectivity index (χ1n) is 6.17. The van der Waals surface area contributed by atoms with Gasteiger partial charge in [0.25, 0.3) is 0 Å². The van der Waals surface area contributed by atoms with Crippen molar-refractivity contribution in [2.24, 2.45) is 0 Å². The SMILES string of the molecule is CCc1cccc(C)c1NC(=O)CCNC(C)=O. The van der Waals surface area contributed by atoms with E-state index in [0.717, 1.165) is 23.2 Å². The molecule has 0 aliphatic rings. The van der Waals surface area contributed by atoms with Crippen LogP contribution in [0.1, 0.15) is 31.4 Å². The minimum absolute atomic E-state index is 0.0762. The van der Waals surface area contributed by atoms with E-state index in [0.29, 0.717) is 6.54 Å². The second-order valence-corrected chi connectivity index (χ2v) is 4.24. The van der Waals surface area contributed by atoms with Crippen molar-refractivity contribution in [3.05, 3.63) is 29.3 Å². The van der Waals surface area contributed by atoms with E-state index in [9.17, 15) is 9.59 Å². The fourth-order valence-electron chi connectivity index (χ4n) is 1.76. The number of carbonyl (C=O) groups excluding carboxylic acids is 2. The monoisotopic (exact) mass is 248 g/mol. The van der Waals surface area contributed by atoms with Gasteiger partial charge in [0.2, 0.25) is 11.8 Å². The van der Waals surface area contributed by atoms with E-state index in [4.69, 9.17) is 0 Å². The maximum Gasteiger partial charge on any atom is 0.226 e. The highest BCUT2D eigenvalue weighted by Gasteiger charge is 2.08. The van der Waals surface area contributed by atoms with E-state index >= 15 is 0 Å². The molecule has 0 radical (unpaired) electrons. The molecular formula is C14H20N2O2. The highest BCUT2D eigenvalue weighted by molar-refractivity contribution is 5.92. The van der Waals surface area contributed by atoms with Gasteiger partial charge in [-0.25, -0.2) is 0 Å². The third-order valence-corrected chi connectivity index (χ3v) is 2.73. The summed E-state index contributed by atoms with van der Waals surface area (Å²) in [4.78, 5) is 22.4. The smallest absolute Gasteiger partial charge is 0.226 e. The third kappa shape index (κ3) is 4.20. The van der Waals surface area contributed by atoms with Crippen LogP contribution in [0.2, 0.25) is 0 Å². The van der Waals surface area contributed by atoms with Gasteiger partial charge >= 0.3 is 0 Å². The predicted molar refractivity (Wildman–Crippen MR) is 72.5 cm³/mol. The number of hydrogen-bond donors (Lipinski definition) is 2. The zero-order valence-electron chi connectivity index (χ0n) is 11.2. The van der Waals surface area contributed by atoms with Gasteiger partial charge in [-0.2, -0.15) is 0 Å². The molecule has 0 heterocycles. The van der Waals surface area contributed by atoms with Gasteiger partial charge in [0, 0.05) is 25.6 Å². The van der Waals surface area contributed by atoms with Gasteiger partial charge in [-0.3, -0.25) is 9.59 Å². The van der Waals surface area contributed by atoms with Crippen molar-refractivity contribution in [1.82, 2.24) is 5.32 Å².